The maximum atomic E-state index is 13.0. The first-order valence-electron chi connectivity index (χ1n) is 8.61. The summed E-state index contributed by atoms with van der Waals surface area (Å²) < 4.78 is 0. The fourth-order valence-corrected chi connectivity index (χ4v) is 3.02. The SMILES string of the molecule is O=C1NC(=O)N(c2cccc3cnccc23)C(=O)/C1=C\C=C\c1ccccc1. The summed E-state index contributed by atoms with van der Waals surface area (Å²) in [4.78, 5) is 42.6. The highest BCUT2D eigenvalue weighted by molar-refractivity contribution is 6.38. The summed E-state index contributed by atoms with van der Waals surface area (Å²) in [6.07, 6.45) is 8.04. The third kappa shape index (κ3) is 3.19. The van der Waals surface area contributed by atoms with E-state index in [0.29, 0.717) is 11.1 Å². The molecule has 1 aliphatic heterocycles. The number of benzene rings is 2. The number of nitrogens with one attached hydrogen (secondary N) is 1. The topological polar surface area (TPSA) is 79.4 Å². The van der Waals surface area contributed by atoms with Crippen LogP contribution in [-0.4, -0.2) is 22.8 Å². The number of allylic oxidation sites excluding steroid dienone is 2. The van der Waals surface area contributed by atoms with Crippen molar-refractivity contribution >= 4 is 40.4 Å². The standard InChI is InChI=1S/C22H15N3O3/c26-20-18(10-4-8-15-6-2-1-3-7-15)21(27)25(22(28)24-20)19-11-5-9-16-14-23-13-12-17(16)19/h1-14H,(H,24,26,28)/b8-4+,18-10-. The molecule has 0 radical (unpaired) electrons. The summed E-state index contributed by atoms with van der Waals surface area (Å²) in [6, 6.07) is 15.7. The number of carbonyl (C=O) groups is 3. The lowest BCUT2D eigenvalue weighted by atomic mass is 10.1. The number of anilines is 1. The first-order valence-corrected chi connectivity index (χ1v) is 8.61. The number of pyridine rings is 1. The minimum Gasteiger partial charge on any atom is -0.273 e. The fourth-order valence-electron chi connectivity index (χ4n) is 3.02. The number of urea groups is 1. The molecule has 6 nitrogen and oxygen atoms in total. The monoisotopic (exact) mass is 369 g/mol. The van der Waals surface area contributed by atoms with Gasteiger partial charge in [-0.25, -0.2) is 9.69 Å². The van der Waals surface area contributed by atoms with Crippen LogP contribution in [0.3, 0.4) is 0 Å². The third-order valence-corrected chi connectivity index (χ3v) is 4.35. The molecule has 6 heteroatoms. The Labute approximate surface area is 160 Å². The first-order chi connectivity index (χ1) is 13.6. The number of barbiturate groups is 1. The molecule has 2 aromatic carbocycles. The molecule has 4 amide bonds. The van der Waals surface area contributed by atoms with E-state index in [1.54, 1.807) is 42.7 Å². The molecule has 2 heterocycles. The number of hydrogen-bond acceptors (Lipinski definition) is 4. The van der Waals surface area contributed by atoms with E-state index in [0.717, 1.165) is 15.8 Å². The molecule has 3 aromatic rings. The number of rotatable bonds is 3. The quantitative estimate of drug-likeness (QED) is 0.566. The van der Waals surface area contributed by atoms with Crippen molar-refractivity contribution in [2.75, 3.05) is 4.90 Å². The van der Waals surface area contributed by atoms with Crippen LogP contribution in [0.15, 0.2) is 84.7 Å². The lowest BCUT2D eigenvalue weighted by Crippen LogP contribution is -2.54. The fraction of sp³-hybridized carbons (Fsp3) is 0. The Morgan fingerprint density at radius 1 is 0.929 bits per heavy atom. The number of aromatic nitrogens is 1. The molecular weight excluding hydrogens is 354 g/mol. The Balaban J connectivity index is 1.72. The average molecular weight is 369 g/mol. The lowest BCUT2D eigenvalue weighted by Gasteiger charge is -2.27. The van der Waals surface area contributed by atoms with Crippen LogP contribution < -0.4 is 10.2 Å². The van der Waals surface area contributed by atoms with Crippen molar-refractivity contribution in [1.29, 1.82) is 0 Å². The molecular formula is C22H15N3O3. The maximum Gasteiger partial charge on any atom is 0.335 e. The molecule has 1 aliphatic rings. The highest BCUT2D eigenvalue weighted by atomic mass is 16.2. The Morgan fingerprint density at radius 3 is 2.57 bits per heavy atom. The van der Waals surface area contributed by atoms with Gasteiger partial charge in [-0.2, -0.15) is 0 Å². The summed E-state index contributed by atoms with van der Waals surface area (Å²) in [6.45, 7) is 0. The Kier molecular flexibility index (Phi) is 4.51. The normalized spacial score (nSPS) is 16.2. The van der Waals surface area contributed by atoms with Crippen LogP contribution >= 0.6 is 0 Å². The van der Waals surface area contributed by atoms with Crippen LogP contribution in [0.4, 0.5) is 10.5 Å². The molecule has 1 N–H and O–H groups in total. The summed E-state index contributed by atoms with van der Waals surface area (Å²) in [5.41, 5.74) is 1.21. The van der Waals surface area contributed by atoms with Crippen molar-refractivity contribution in [1.82, 2.24) is 10.3 Å². The van der Waals surface area contributed by atoms with E-state index in [1.807, 2.05) is 36.4 Å². The largest absolute Gasteiger partial charge is 0.335 e. The van der Waals surface area contributed by atoms with Gasteiger partial charge in [-0.1, -0.05) is 54.6 Å². The van der Waals surface area contributed by atoms with Gasteiger partial charge in [0.1, 0.15) is 5.57 Å². The summed E-state index contributed by atoms with van der Waals surface area (Å²) in [7, 11) is 0. The summed E-state index contributed by atoms with van der Waals surface area (Å²) in [5.74, 6) is -1.39. The molecule has 0 saturated carbocycles. The van der Waals surface area contributed by atoms with Gasteiger partial charge in [0.25, 0.3) is 11.8 Å². The van der Waals surface area contributed by atoms with Crippen molar-refractivity contribution in [3.8, 4) is 0 Å². The van der Waals surface area contributed by atoms with Gasteiger partial charge in [-0.3, -0.25) is 19.9 Å². The predicted molar refractivity (Wildman–Crippen MR) is 106 cm³/mol. The van der Waals surface area contributed by atoms with Gasteiger partial charge < -0.3 is 0 Å². The van der Waals surface area contributed by atoms with Crippen LogP contribution in [0.2, 0.25) is 0 Å². The highest BCUT2D eigenvalue weighted by Crippen LogP contribution is 2.28. The maximum absolute atomic E-state index is 13.0. The van der Waals surface area contributed by atoms with Crippen LogP contribution in [-0.2, 0) is 9.59 Å². The molecule has 1 saturated heterocycles. The number of nitrogens with zero attached hydrogens (tertiary/aromatic N) is 2. The van der Waals surface area contributed by atoms with Crippen molar-refractivity contribution in [3.63, 3.8) is 0 Å². The van der Waals surface area contributed by atoms with Gasteiger partial charge in [0.15, 0.2) is 0 Å². The molecule has 0 unspecified atom stereocenters. The molecule has 136 valence electrons. The Hall–Kier alpha value is -4.06. The van der Waals surface area contributed by atoms with Crippen molar-refractivity contribution in [3.05, 3.63) is 90.3 Å². The van der Waals surface area contributed by atoms with Gasteiger partial charge in [-0.05, 0) is 23.8 Å². The van der Waals surface area contributed by atoms with E-state index in [2.05, 4.69) is 10.3 Å². The molecule has 28 heavy (non-hydrogen) atoms. The zero-order chi connectivity index (χ0) is 19.5. The molecule has 1 fully saturated rings. The number of hydrogen-bond donors (Lipinski definition) is 1. The minimum absolute atomic E-state index is 0.113. The van der Waals surface area contributed by atoms with E-state index in [9.17, 15) is 14.4 Å². The van der Waals surface area contributed by atoms with E-state index in [4.69, 9.17) is 0 Å². The second-order valence-electron chi connectivity index (χ2n) is 6.12. The predicted octanol–water partition coefficient (Wildman–Crippen LogP) is 3.46. The summed E-state index contributed by atoms with van der Waals surface area (Å²) in [5, 5.41) is 3.70. The minimum atomic E-state index is -0.775. The highest BCUT2D eigenvalue weighted by Gasteiger charge is 2.37. The van der Waals surface area contributed by atoms with E-state index in [-0.39, 0.29) is 5.57 Å². The van der Waals surface area contributed by atoms with Crippen molar-refractivity contribution < 1.29 is 14.4 Å². The molecule has 1 aromatic heterocycles. The van der Waals surface area contributed by atoms with E-state index >= 15 is 0 Å². The van der Waals surface area contributed by atoms with Crippen molar-refractivity contribution in [2.45, 2.75) is 0 Å². The van der Waals surface area contributed by atoms with Crippen molar-refractivity contribution in [2.24, 2.45) is 0 Å². The third-order valence-electron chi connectivity index (χ3n) is 4.35. The molecule has 0 bridgehead atoms. The van der Waals surface area contributed by atoms with Crippen LogP contribution in [0.1, 0.15) is 5.56 Å². The number of amides is 4. The van der Waals surface area contributed by atoms with Gasteiger partial charge in [0, 0.05) is 23.2 Å². The first kappa shape index (κ1) is 17.4. The van der Waals surface area contributed by atoms with Gasteiger partial charge >= 0.3 is 6.03 Å². The Morgan fingerprint density at radius 2 is 1.75 bits per heavy atom. The van der Waals surface area contributed by atoms with Crippen LogP contribution in [0.5, 0.6) is 0 Å². The van der Waals surface area contributed by atoms with Crippen LogP contribution in [0, 0.1) is 0 Å². The van der Waals surface area contributed by atoms with Gasteiger partial charge in [0.05, 0.1) is 5.69 Å². The van der Waals surface area contributed by atoms with E-state index in [1.165, 1.54) is 6.08 Å². The number of fused-ring (bicyclic) bond motifs is 1. The molecule has 0 aliphatic carbocycles. The molecule has 0 atom stereocenters. The van der Waals surface area contributed by atoms with Crippen LogP contribution in [0.25, 0.3) is 16.8 Å². The average Bonchev–Trinajstić information content (AvgIpc) is 2.71. The number of carbonyl (C=O) groups excluding carboxylic acids is 3. The molecule has 4 rings (SSSR count). The zero-order valence-electron chi connectivity index (χ0n) is 14.7. The Bertz CT molecular complexity index is 1140. The summed E-state index contributed by atoms with van der Waals surface area (Å²) >= 11 is 0. The molecule has 0 spiro atoms. The smallest absolute Gasteiger partial charge is 0.273 e. The lowest BCUT2D eigenvalue weighted by molar-refractivity contribution is -0.122. The second-order valence-corrected chi connectivity index (χ2v) is 6.12. The van der Waals surface area contributed by atoms with Gasteiger partial charge in [0.2, 0.25) is 0 Å². The van der Waals surface area contributed by atoms with Gasteiger partial charge in [-0.15, -0.1) is 0 Å². The van der Waals surface area contributed by atoms with E-state index < -0.39 is 17.8 Å². The zero-order valence-corrected chi connectivity index (χ0v) is 14.7. The number of imide groups is 2. The second kappa shape index (κ2) is 7.28.